The maximum atomic E-state index is 12.9. The van der Waals surface area contributed by atoms with Gasteiger partial charge in [-0.3, -0.25) is 4.79 Å². The van der Waals surface area contributed by atoms with Crippen LogP contribution in [-0.2, 0) is 10.0 Å². The summed E-state index contributed by atoms with van der Waals surface area (Å²) in [5, 5.41) is 10.2. The van der Waals surface area contributed by atoms with E-state index in [2.05, 4.69) is 0 Å². The number of amides is 1. The molecule has 1 atom stereocenters. The van der Waals surface area contributed by atoms with Crippen molar-refractivity contribution in [1.29, 1.82) is 0 Å². The molecule has 1 aromatic carbocycles. The Hall–Kier alpha value is -1.09. The topological polar surface area (TPSA) is 77.9 Å². The average Bonchev–Trinajstić information content (AvgIpc) is 2.61. The van der Waals surface area contributed by atoms with Crippen LogP contribution in [0.25, 0.3) is 0 Å². The van der Waals surface area contributed by atoms with Gasteiger partial charge in [0.25, 0.3) is 5.91 Å². The standard InChI is InChI=1S/C17H24N2O4S2/c1-17(21)6-3-7-19(13-17)25(22,23)15-5-2-4-14(12-15)16(20)18-8-10-24-11-9-18/h2,4-5,12,21H,3,6-11,13H2,1H3/t17-/m0/s1. The van der Waals surface area contributed by atoms with E-state index in [-0.39, 0.29) is 17.3 Å². The molecule has 2 aliphatic heterocycles. The summed E-state index contributed by atoms with van der Waals surface area (Å²) in [7, 11) is -3.72. The van der Waals surface area contributed by atoms with Gasteiger partial charge in [-0.1, -0.05) is 6.07 Å². The summed E-state index contributed by atoms with van der Waals surface area (Å²) in [6.07, 6.45) is 1.21. The zero-order valence-electron chi connectivity index (χ0n) is 14.3. The predicted molar refractivity (Wildman–Crippen MR) is 98.3 cm³/mol. The van der Waals surface area contributed by atoms with Crippen LogP contribution in [0.1, 0.15) is 30.1 Å². The van der Waals surface area contributed by atoms with Crippen LogP contribution in [0, 0.1) is 0 Å². The summed E-state index contributed by atoms with van der Waals surface area (Å²) in [5.74, 6) is 1.70. The fourth-order valence-electron chi connectivity index (χ4n) is 3.27. The third-order valence-electron chi connectivity index (χ3n) is 4.66. The molecule has 3 rings (SSSR count). The fourth-order valence-corrected chi connectivity index (χ4v) is 5.81. The zero-order valence-corrected chi connectivity index (χ0v) is 16.0. The molecule has 25 heavy (non-hydrogen) atoms. The van der Waals surface area contributed by atoms with Crippen molar-refractivity contribution in [1.82, 2.24) is 9.21 Å². The summed E-state index contributed by atoms with van der Waals surface area (Å²) in [6, 6.07) is 6.25. The van der Waals surface area contributed by atoms with Gasteiger partial charge in [-0.25, -0.2) is 8.42 Å². The third kappa shape index (κ3) is 4.19. The van der Waals surface area contributed by atoms with E-state index in [9.17, 15) is 18.3 Å². The molecule has 1 amide bonds. The Morgan fingerprint density at radius 1 is 1.24 bits per heavy atom. The lowest BCUT2D eigenvalue weighted by atomic mass is 9.97. The SMILES string of the molecule is C[C@]1(O)CCCN(S(=O)(=O)c2cccc(C(=O)N3CCSCC3)c2)C1. The first-order chi connectivity index (χ1) is 11.8. The van der Waals surface area contributed by atoms with Crippen molar-refractivity contribution in [2.45, 2.75) is 30.3 Å². The number of sulfonamides is 1. The van der Waals surface area contributed by atoms with Crippen LogP contribution in [0.2, 0.25) is 0 Å². The number of hydrogen-bond acceptors (Lipinski definition) is 5. The van der Waals surface area contributed by atoms with Gasteiger partial charge in [0.15, 0.2) is 0 Å². The van der Waals surface area contributed by atoms with Gasteiger partial charge in [-0.05, 0) is 38.0 Å². The number of carbonyl (C=O) groups is 1. The van der Waals surface area contributed by atoms with Crippen molar-refractivity contribution in [3.8, 4) is 0 Å². The monoisotopic (exact) mass is 384 g/mol. The minimum absolute atomic E-state index is 0.0802. The molecular weight excluding hydrogens is 360 g/mol. The molecule has 0 radical (unpaired) electrons. The summed E-state index contributed by atoms with van der Waals surface area (Å²) in [5.41, 5.74) is -0.610. The number of aliphatic hydroxyl groups is 1. The number of nitrogens with zero attached hydrogens (tertiary/aromatic N) is 2. The highest BCUT2D eigenvalue weighted by molar-refractivity contribution is 7.99. The fraction of sp³-hybridized carbons (Fsp3) is 0.588. The van der Waals surface area contributed by atoms with E-state index < -0.39 is 15.6 Å². The molecule has 138 valence electrons. The second-order valence-electron chi connectivity index (χ2n) is 6.87. The maximum absolute atomic E-state index is 12.9. The maximum Gasteiger partial charge on any atom is 0.253 e. The lowest BCUT2D eigenvalue weighted by molar-refractivity contribution is 0.00939. The first kappa shape index (κ1) is 18.7. The van der Waals surface area contributed by atoms with E-state index in [0.717, 1.165) is 11.5 Å². The van der Waals surface area contributed by atoms with Crippen LogP contribution in [-0.4, -0.2) is 71.9 Å². The van der Waals surface area contributed by atoms with Crippen LogP contribution in [0.4, 0.5) is 0 Å². The van der Waals surface area contributed by atoms with Gasteiger partial charge in [0, 0.05) is 43.2 Å². The Balaban J connectivity index is 1.83. The molecule has 0 aromatic heterocycles. The molecule has 0 aliphatic carbocycles. The second kappa shape index (κ2) is 7.26. The molecule has 1 aromatic rings. The lowest BCUT2D eigenvalue weighted by Gasteiger charge is -2.36. The summed E-state index contributed by atoms with van der Waals surface area (Å²) in [6.45, 7) is 3.50. The van der Waals surface area contributed by atoms with Gasteiger partial charge in [0.2, 0.25) is 10.0 Å². The van der Waals surface area contributed by atoms with E-state index in [1.165, 1.54) is 16.4 Å². The van der Waals surface area contributed by atoms with Crippen molar-refractivity contribution in [3.05, 3.63) is 29.8 Å². The van der Waals surface area contributed by atoms with Gasteiger partial charge in [-0.15, -0.1) is 0 Å². The van der Waals surface area contributed by atoms with Gasteiger partial charge >= 0.3 is 0 Å². The highest BCUT2D eigenvalue weighted by Crippen LogP contribution is 2.26. The zero-order chi connectivity index (χ0) is 18.1. The number of piperidine rings is 1. The Kier molecular flexibility index (Phi) is 5.43. The van der Waals surface area contributed by atoms with E-state index in [1.54, 1.807) is 24.0 Å². The van der Waals surface area contributed by atoms with Crippen molar-refractivity contribution in [2.24, 2.45) is 0 Å². The molecule has 1 N–H and O–H groups in total. The average molecular weight is 385 g/mol. The number of β-amino-alcohol motifs (C(OH)–C–C–N with tert-alkyl or cyclic N) is 1. The molecule has 0 bridgehead atoms. The summed E-state index contributed by atoms with van der Waals surface area (Å²) >= 11 is 1.82. The lowest BCUT2D eigenvalue weighted by Crippen LogP contribution is -2.48. The Morgan fingerprint density at radius 3 is 2.64 bits per heavy atom. The van der Waals surface area contributed by atoms with E-state index in [0.29, 0.717) is 38.0 Å². The predicted octanol–water partition coefficient (Wildman–Crippen LogP) is 1.41. The molecule has 8 heteroatoms. The molecule has 6 nitrogen and oxygen atoms in total. The minimum Gasteiger partial charge on any atom is -0.389 e. The van der Waals surface area contributed by atoms with E-state index in [1.807, 2.05) is 11.8 Å². The van der Waals surface area contributed by atoms with Crippen LogP contribution < -0.4 is 0 Å². The highest BCUT2D eigenvalue weighted by atomic mass is 32.2. The third-order valence-corrected chi connectivity index (χ3v) is 7.44. The summed E-state index contributed by atoms with van der Waals surface area (Å²) < 4.78 is 27.1. The summed E-state index contributed by atoms with van der Waals surface area (Å²) in [4.78, 5) is 14.5. The second-order valence-corrected chi connectivity index (χ2v) is 10.0. The quantitative estimate of drug-likeness (QED) is 0.853. The Morgan fingerprint density at radius 2 is 1.96 bits per heavy atom. The van der Waals surface area contributed by atoms with Gasteiger partial charge in [0.05, 0.1) is 10.5 Å². The van der Waals surface area contributed by atoms with Crippen LogP contribution in [0.15, 0.2) is 29.2 Å². The normalized spacial score (nSPS) is 25.8. The van der Waals surface area contributed by atoms with Crippen molar-refractivity contribution >= 4 is 27.7 Å². The number of rotatable bonds is 3. The molecular formula is C17H24N2O4S2. The van der Waals surface area contributed by atoms with Crippen molar-refractivity contribution < 1.29 is 18.3 Å². The number of hydrogen-bond donors (Lipinski definition) is 1. The largest absolute Gasteiger partial charge is 0.389 e. The van der Waals surface area contributed by atoms with Crippen LogP contribution in [0.3, 0.4) is 0 Å². The Bertz CT molecular complexity index is 743. The van der Waals surface area contributed by atoms with Crippen LogP contribution >= 0.6 is 11.8 Å². The van der Waals surface area contributed by atoms with E-state index in [4.69, 9.17) is 0 Å². The molecule has 0 unspecified atom stereocenters. The number of thioether (sulfide) groups is 1. The number of carbonyl (C=O) groups excluding carboxylic acids is 1. The van der Waals surface area contributed by atoms with E-state index >= 15 is 0 Å². The molecule has 0 spiro atoms. The first-order valence-electron chi connectivity index (χ1n) is 8.49. The van der Waals surface area contributed by atoms with Gasteiger partial charge < -0.3 is 10.0 Å². The van der Waals surface area contributed by atoms with Gasteiger partial charge in [-0.2, -0.15) is 16.1 Å². The first-order valence-corrected chi connectivity index (χ1v) is 11.1. The van der Waals surface area contributed by atoms with Crippen molar-refractivity contribution in [3.63, 3.8) is 0 Å². The van der Waals surface area contributed by atoms with Crippen LogP contribution in [0.5, 0.6) is 0 Å². The van der Waals surface area contributed by atoms with Gasteiger partial charge in [0.1, 0.15) is 0 Å². The van der Waals surface area contributed by atoms with Crippen molar-refractivity contribution in [2.75, 3.05) is 37.7 Å². The smallest absolute Gasteiger partial charge is 0.253 e. The molecule has 2 heterocycles. The molecule has 2 saturated heterocycles. The Labute approximate surface area is 153 Å². The molecule has 2 aliphatic rings. The molecule has 0 saturated carbocycles. The highest BCUT2D eigenvalue weighted by Gasteiger charge is 2.35. The number of benzene rings is 1. The minimum atomic E-state index is -3.72. The molecule has 2 fully saturated rings.